The van der Waals surface area contributed by atoms with Gasteiger partial charge in [-0.15, -0.1) is 24.0 Å². The van der Waals surface area contributed by atoms with Gasteiger partial charge in [-0.3, -0.25) is 9.89 Å². The van der Waals surface area contributed by atoms with Crippen LogP contribution in [0.3, 0.4) is 0 Å². The van der Waals surface area contributed by atoms with E-state index in [1.807, 2.05) is 7.05 Å². The molecular weight excluding hydrogens is 455 g/mol. The maximum absolute atomic E-state index is 6.13. The maximum atomic E-state index is 6.13. The average molecular weight is 494 g/mol. The third kappa shape index (κ3) is 6.18. The highest BCUT2D eigenvalue weighted by molar-refractivity contribution is 14.0. The summed E-state index contributed by atoms with van der Waals surface area (Å²) >= 11 is 0. The van der Waals surface area contributed by atoms with Crippen LogP contribution in [0.15, 0.2) is 4.99 Å². The van der Waals surface area contributed by atoms with Gasteiger partial charge < -0.3 is 19.7 Å². The zero-order valence-electron chi connectivity index (χ0n) is 17.6. The second-order valence-electron chi connectivity index (χ2n) is 9.02. The Balaban J connectivity index is 0.00000261. The highest BCUT2D eigenvalue weighted by Gasteiger charge is 2.36. The molecule has 27 heavy (non-hydrogen) atoms. The monoisotopic (exact) mass is 494 g/mol. The highest BCUT2D eigenvalue weighted by Crippen LogP contribution is 2.33. The van der Waals surface area contributed by atoms with E-state index < -0.39 is 0 Å². The molecule has 0 amide bonds. The maximum Gasteiger partial charge on any atom is 0.193 e. The summed E-state index contributed by atoms with van der Waals surface area (Å²) < 4.78 is 11.6. The minimum atomic E-state index is 0. The number of hydrogen-bond acceptors (Lipinski definition) is 4. The number of guanidine groups is 1. The van der Waals surface area contributed by atoms with E-state index >= 15 is 0 Å². The van der Waals surface area contributed by atoms with Gasteiger partial charge in [0.1, 0.15) is 0 Å². The van der Waals surface area contributed by atoms with Gasteiger partial charge in [-0.2, -0.15) is 0 Å². The van der Waals surface area contributed by atoms with Crippen molar-refractivity contribution in [2.45, 2.75) is 52.2 Å². The number of halogens is 1. The van der Waals surface area contributed by atoms with Gasteiger partial charge in [-0.05, 0) is 24.7 Å². The van der Waals surface area contributed by atoms with Crippen LogP contribution in [0.5, 0.6) is 0 Å². The fourth-order valence-electron chi connectivity index (χ4n) is 4.74. The predicted octanol–water partition coefficient (Wildman–Crippen LogP) is 2.43. The van der Waals surface area contributed by atoms with Gasteiger partial charge in [-0.1, -0.05) is 20.8 Å². The molecule has 3 aliphatic heterocycles. The van der Waals surface area contributed by atoms with Gasteiger partial charge in [0.25, 0.3) is 0 Å². The third-order valence-electron chi connectivity index (χ3n) is 6.06. The van der Waals surface area contributed by atoms with E-state index in [4.69, 9.17) is 9.47 Å². The molecule has 3 fully saturated rings. The molecule has 0 aromatic rings. The molecule has 1 N–H and O–H groups in total. The lowest BCUT2D eigenvalue weighted by Gasteiger charge is -2.40. The van der Waals surface area contributed by atoms with Crippen molar-refractivity contribution < 1.29 is 9.47 Å². The summed E-state index contributed by atoms with van der Waals surface area (Å²) in [4.78, 5) is 9.58. The van der Waals surface area contributed by atoms with Crippen molar-refractivity contribution in [1.29, 1.82) is 0 Å². The molecule has 0 saturated carbocycles. The molecule has 6 nitrogen and oxygen atoms in total. The second-order valence-corrected chi connectivity index (χ2v) is 9.02. The van der Waals surface area contributed by atoms with Gasteiger partial charge in [0.05, 0.1) is 19.3 Å². The molecule has 3 heterocycles. The van der Waals surface area contributed by atoms with E-state index in [9.17, 15) is 0 Å². The van der Waals surface area contributed by atoms with Crippen molar-refractivity contribution >= 4 is 29.9 Å². The quantitative estimate of drug-likeness (QED) is 0.371. The van der Waals surface area contributed by atoms with Crippen molar-refractivity contribution in [2.24, 2.45) is 16.3 Å². The first-order chi connectivity index (χ1) is 12.5. The number of nitrogens with one attached hydrogen (secondary N) is 1. The molecule has 3 saturated heterocycles. The normalized spacial score (nSPS) is 30.9. The van der Waals surface area contributed by atoms with Crippen LogP contribution in [0.2, 0.25) is 0 Å². The van der Waals surface area contributed by atoms with E-state index in [-0.39, 0.29) is 29.4 Å². The van der Waals surface area contributed by atoms with Gasteiger partial charge in [0.2, 0.25) is 0 Å². The van der Waals surface area contributed by atoms with E-state index in [1.165, 1.54) is 19.3 Å². The number of hydrogen-bond donors (Lipinski definition) is 1. The Hall–Kier alpha value is -0.120. The van der Waals surface area contributed by atoms with Crippen LogP contribution in [0, 0.1) is 11.3 Å². The molecular formula is C20H39IN4O2. The Bertz CT molecular complexity index is 477. The molecule has 0 aliphatic carbocycles. The van der Waals surface area contributed by atoms with E-state index in [1.54, 1.807) is 0 Å². The van der Waals surface area contributed by atoms with Crippen LogP contribution in [-0.4, -0.2) is 87.5 Å². The topological polar surface area (TPSA) is 49.3 Å². The largest absolute Gasteiger partial charge is 0.379 e. The second kappa shape index (κ2) is 10.6. The summed E-state index contributed by atoms with van der Waals surface area (Å²) in [6.07, 6.45) is 3.95. The molecule has 7 heteroatoms. The summed E-state index contributed by atoms with van der Waals surface area (Å²) in [6.45, 7) is 14.8. The SMILES string of the molecule is CN=C(NCC1CCCOC1C(C)(C)C)N1CCC(N2CCOCC2)C1.I. The molecule has 158 valence electrons. The molecule has 3 rings (SSSR count). The Morgan fingerprint density at radius 2 is 1.85 bits per heavy atom. The smallest absolute Gasteiger partial charge is 0.193 e. The van der Waals surface area contributed by atoms with E-state index in [0.717, 1.165) is 58.5 Å². The lowest BCUT2D eigenvalue weighted by molar-refractivity contribution is -0.0836. The fraction of sp³-hybridized carbons (Fsp3) is 0.950. The van der Waals surface area contributed by atoms with Crippen molar-refractivity contribution in [2.75, 3.05) is 59.6 Å². The lowest BCUT2D eigenvalue weighted by atomic mass is 9.78. The number of morpholine rings is 1. The molecule has 3 unspecified atom stereocenters. The average Bonchev–Trinajstić information content (AvgIpc) is 3.12. The van der Waals surface area contributed by atoms with Crippen LogP contribution in [0.4, 0.5) is 0 Å². The molecule has 0 radical (unpaired) electrons. The summed E-state index contributed by atoms with van der Waals surface area (Å²) in [5, 5.41) is 3.66. The number of aliphatic imine (C=N–C) groups is 1. The summed E-state index contributed by atoms with van der Waals surface area (Å²) in [6, 6.07) is 0.637. The summed E-state index contributed by atoms with van der Waals surface area (Å²) in [7, 11) is 1.91. The van der Waals surface area contributed by atoms with Crippen LogP contribution < -0.4 is 5.32 Å². The lowest BCUT2D eigenvalue weighted by Crippen LogP contribution is -2.49. The van der Waals surface area contributed by atoms with Crippen molar-refractivity contribution in [1.82, 2.24) is 15.1 Å². The van der Waals surface area contributed by atoms with Crippen LogP contribution in [-0.2, 0) is 9.47 Å². The summed E-state index contributed by atoms with van der Waals surface area (Å²) in [5.41, 5.74) is 0.186. The highest BCUT2D eigenvalue weighted by atomic mass is 127. The minimum Gasteiger partial charge on any atom is -0.379 e. The Kier molecular flexibility index (Phi) is 9.09. The van der Waals surface area contributed by atoms with Crippen molar-refractivity contribution in [3.8, 4) is 0 Å². The Morgan fingerprint density at radius 3 is 2.52 bits per heavy atom. The van der Waals surface area contributed by atoms with Gasteiger partial charge >= 0.3 is 0 Å². The standard InChI is InChI=1S/C20H38N4O2.HI/c1-20(2,3)18-16(6-5-11-26-18)14-22-19(21-4)24-8-7-17(15-24)23-9-12-25-13-10-23;/h16-18H,5-15H2,1-4H3,(H,21,22);1H. The van der Waals surface area contributed by atoms with Gasteiger partial charge in [-0.25, -0.2) is 0 Å². The summed E-state index contributed by atoms with van der Waals surface area (Å²) in [5.74, 6) is 1.61. The fourth-order valence-corrected chi connectivity index (χ4v) is 4.74. The van der Waals surface area contributed by atoms with Gasteiger partial charge in [0.15, 0.2) is 5.96 Å². The predicted molar refractivity (Wildman–Crippen MR) is 121 cm³/mol. The molecule has 3 atom stereocenters. The Labute approximate surface area is 182 Å². The number of nitrogens with zero attached hydrogens (tertiary/aromatic N) is 3. The van der Waals surface area contributed by atoms with Crippen molar-refractivity contribution in [3.63, 3.8) is 0 Å². The first-order valence-corrected chi connectivity index (χ1v) is 10.4. The van der Waals surface area contributed by atoms with Crippen molar-refractivity contribution in [3.05, 3.63) is 0 Å². The number of rotatable bonds is 3. The first-order valence-electron chi connectivity index (χ1n) is 10.4. The Morgan fingerprint density at radius 1 is 1.11 bits per heavy atom. The molecule has 0 spiro atoms. The van der Waals surface area contributed by atoms with Crippen LogP contribution in [0.1, 0.15) is 40.0 Å². The molecule has 0 bridgehead atoms. The van der Waals surface area contributed by atoms with Crippen LogP contribution >= 0.6 is 24.0 Å². The zero-order valence-corrected chi connectivity index (χ0v) is 19.9. The van der Waals surface area contributed by atoms with Crippen LogP contribution in [0.25, 0.3) is 0 Å². The van der Waals surface area contributed by atoms with E-state index in [0.29, 0.717) is 18.1 Å². The third-order valence-corrected chi connectivity index (χ3v) is 6.06. The zero-order chi connectivity index (χ0) is 18.6. The number of likely N-dealkylation sites (tertiary alicyclic amines) is 1. The van der Waals surface area contributed by atoms with Gasteiger partial charge in [0, 0.05) is 58.3 Å². The molecule has 0 aromatic heterocycles. The molecule has 0 aromatic carbocycles. The minimum absolute atomic E-state index is 0. The van der Waals surface area contributed by atoms with E-state index in [2.05, 4.69) is 40.9 Å². The first kappa shape index (κ1) is 23.2. The molecule has 3 aliphatic rings. The number of ether oxygens (including phenoxy) is 2.